The van der Waals surface area contributed by atoms with Gasteiger partial charge in [0.25, 0.3) is 5.91 Å². The normalized spacial score (nSPS) is 14.6. The van der Waals surface area contributed by atoms with Gasteiger partial charge in [0.2, 0.25) is 5.95 Å². The number of thiophene rings is 1. The van der Waals surface area contributed by atoms with E-state index in [2.05, 4.69) is 20.2 Å². The van der Waals surface area contributed by atoms with Gasteiger partial charge < -0.3 is 10.2 Å². The third-order valence-electron chi connectivity index (χ3n) is 4.61. The van der Waals surface area contributed by atoms with Gasteiger partial charge >= 0.3 is 0 Å². The quantitative estimate of drug-likeness (QED) is 0.760. The highest BCUT2D eigenvalue weighted by Crippen LogP contribution is 2.25. The molecule has 134 valence electrons. The van der Waals surface area contributed by atoms with Crippen LogP contribution in [-0.2, 0) is 6.54 Å². The van der Waals surface area contributed by atoms with Gasteiger partial charge in [-0.2, -0.15) is 0 Å². The first-order valence-corrected chi connectivity index (χ1v) is 9.87. The number of nitrogens with one attached hydrogen (secondary N) is 1. The largest absolute Gasteiger partial charge is 0.346 e. The third kappa shape index (κ3) is 3.70. The minimum atomic E-state index is -0.0537. The number of piperidine rings is 1. The molecular weight excluding hydrogens is 344 g/mol. The van der Waals surface area contributed by atoms with Gasteiger partial charge in [0.15, 0.2) is 0 Å². The first-order chi connectivity index (χ1) is 12.7. The lowest BCUT2D eigenvalue weighted by Gasteiger charge is -2.27. The van der Waals surface area contributed by atoms with Gasteiger partial charge in [0.05, 0.1) is 17.1 Å². The molecule has 3 aromatic rings. The molecule has 1 N–H and O–H groups in total. The molecule has 26 heavy (non-hydrogen) atoms. The van der Waals surface area contributed by atoms with Crippen LogP contribution in [0.4, 0.5) is 5.95 Å². The molecule has 1 amide bonds. The molecule has 0 radical (unpaired) electrons. The van der Waals surface area contributed by atoms with Gasteiger partial charge in [-0.15, -0.1) is 11.3 Å². The van der Waals surface area contributed by atoms with Gasteiger partial charge in [-0.3, -0.25) is 4.79 Å². The topological polar surface area (TPSA) is 58.1 Å². The van der Waals surface area contributed by atoms with Crippen molar-refractivity contribution < 1.29 is 4.79 Å². The number of carbonyl (C=O) groups excluding carboxylic acids is 1. The lowest BCUT2D eigenvalue weighted by molar-refractivity contribution is 0.0954. The molecule has 0 saturated carbocycles. The lowest BCUT2D eigenvalue weighted by Crippen LogP contribution is -2.31. The number of hydrogen-bond acceptors (Lipinski definition) is 5. The minimum Gasteiger partial charge on any atom is -0.346 e. The monoisotopic (exact) mass is 366 g/mol. The number of aryl methyl sites for hydroxylation is 1. The second-order valence-corrected chi connectivity index (χ2v) is 7.76. The third-order valence-corrected chi connectivity index (χ3v) is 5.73. The molecule has 1 saturated heterocycles. The highest BCUT2D eigenvalue weighted by molar-refractivity contribution is 7.20. The molecule has 1 aromatic carbocycles. The average Bonchev–Trinajstić information content (AvgIpc) is 3.11. The van der Waals surface area contributed by atoms with E-state index in [1.54, 1.807) is 0 Å². The highest BCUT2D eigenvalue weighted by Gasteiger charge is 2.15. The zero-order valence-electron chi connectivity index (χ0n) is 14.9. The summed E-state index contributed by atoms with van der Waals surface area (Å²) < 4.78 is 1.13. The molecule has 0 bridgehead atoms. The number of fused-ring (bicyclic) bond motifs is 1. The SMILES string of the molecule is Cc1cc(CNC(=O)c2cc3ccccc3s2)nc(N2CCCCC2)n1. The van der Waals surface area contributed by atoms with Crippen LogP contribution in [0.1, 0.15) is 40.3 Å². The Kier molecular flexibility index (Phi) is 4.84. The summed E-state index contributed by atoms with van der Waals surface area (Å²) in [6, 6.07) is 11.9. The van der Waals surface area contributed by atoms with E-state index < -0.39 is 0 Å². The summed E-state index contributed by atoms with van der Waals surface area (Å²) >= 11 is 1.52. The van der Waals surface area contributed by atoms with Crippen LogP contribution in [-0.4, -0.2) is 29.0 Å². The first kappa shape index (κ1) is 17.0. The summed E-state index contributed by atoms with van der Waals surface area (Å²) in [6.45, 7) is 4.41. The van der Waals surface area contributed by atoms with E-state index >= 15 is 0 Å². The van der Waals surface area contributed by atoms with Crippen LogP contribution in [0.15, 0.2) is 36.4 Å². The Morgan fingerprint density at radius 2 is 1.96 bits per heavy atom. The van der Waals surface area contributed by atoms with E-state index in [0.717, 1.165) is 45.4 Å². The number of nitrogens with zero attached hydrogens (tertiary/aromatic N) is 3. The second-order valence-electron chi connectivity index (χ2n) is 6.68. The first-order valence-electron chi connectivity index (χ1n) is 9.05. The molecule has 0 atom stereocenters. The Bertz CT molecular complexity index is 897. The van der Waals surface area contributed by atoms with Crippen LogP contribution >= 0.6 is 11.3 Å². The molecule has 0 spiro atoms. The summed E-state index contributed by atoms with van der Waals surface area (Å²) in [5.41, 5.74) is 1.79. The fraction of sp³-hybridized carbons (Fsp3) is 0.350. The van der Waals surface area contributed by atoms with Gasteiger partial charge in [0.1, 0.15) is 0 Å². The Hall–Kier alpha value is -2.47. The van der Waals surface area contributed by atoms with Crippen molar-refractivity contribution in [3.8, 4) is 0 Å². The average molecular weight is 366 g/mol. The lowest BCUT2D eigenvalue weighted by atomic mass is 10.1. The molecular formula is C20H22N4OS. The zero-order valence-corrected chi connectivity index (χ0v) is 15.7. The predicted octanol–water partition coefficient (Wildman–Crippen LogP) is 3.92. The van der Waals surface area contributed by atoms with E-state index in [-0.39, 0.29) is 5.91 Å². The molecule has 5 nitrogen and oxygen atoms in total. The van der Waals surface area contributed by atoms with Crippen LogP contribution in [0.5, 0.6) is 0 Å². The molecule has 1 fully saturated rings. The van der Waals surface area contributed by atoms with Crippen molar-refractivity contribution in [1.82, 2.24) is 15.3 Å². The minimum absolute atomic E-state index is 0.0537. The number of carbonyl (C=O) groups is 1. The van der Waals surface area contributed by atoms with E-state index in [1.807, 2.05) is 43.3 Å². The maximum absolute atomic E-state index is 12.5. The smallest absolute Gasteiger partial charge is 0.261 e. The second kappa shape index (κ2) is 7.41. The summed E-state index contributed by atoms with van der Waals surface area (Å²) in [7, 11) is 0. The Labute approximate surface area is 157 Å². The number of hydrogen-bond donors (Lipinski definition) is 1. The summed E-state index contributed by atoms with van der Waals surface area (Å²) in [5, 5.41) is 4.10. The highest BCUT2D eigenvalue weighted by atomic mass is 32.1. The van der Waals surface area contributed by atoms with Crippen molar-refractivity contribution in [3.63, 3.8) is 0 Å². The zero-order chi connectivity index (χ0) is 17.9. The van der Waals surface area contributed by atoms with Crippen LogP contribution in [0.2, 0.25) is 0 Å². The van der Waals surface area contributed by atoms with E-state index in [4.69, 9.17) is 0 Å². The summed E-state index contributed by atoms with van der Waals surface area (Å²) in [4.78, 5) is 24.7. The summed E-state index contributed by atoms with van der Waals surface area (Å²) in [5.74, 6) is 0.734. The number of benzene rings is 1. The van der Waals surface area contributed by atoms with E-state index in [9.17, 15) is 4.79 Å². The summed E-state index contributed by atoms with van der Waals surface area (Å²) in [6.07, 6.45) is 3.66. The van der Waals surface area contributed by atoms with Crippen LogP contribution in [0.3, 0.4) is 0 Å². The van der Waals surface area contributed by atoms with E-state index in [1.165, 1.54) is 30.6 Å². The fourth-order valence-electron chi connectivity index (χ4n) is 3.29. The van der Waals surface area contributed by atoms with Gasteiger partial charge in [0, 0.05) is 23.5 Å². The molecule has 0 aliphatic carbocycles. The van der Waals surface area contributed by atoms with Crippen LogP contribution < -0.4 is 10.2 Å². The molecule has 4 rings (SSSR count). The van der Waals surface area contributed by atoms with Crippen molar-refractivity contribution in [1.29, 1.82) is 0 Å². The number of rotatable bonds is 4. The van der Waals surface area contributed by atoms with Gasteiger partial charge in [-0.05, 0) is 49.8 Å². The molecule has 3 heterocycles. The van der Waals surface area contributed by atoms with Crippen LogP contribution in [0.25, 0.3) is 10.1 Å². The standard InChI is InChI=1S/C20H22N4OS/c1-14-11-16(23-20(22-14)24-9-5-2-6-10-24)13-21-19(25)18-12-15-7-3-4-8-17(15)26-18/h3-4,7-8,11-12H,2,5-6,9-10,13H2,1H3,(H,21,25). The van der Waals surface area contributed by atoms with Gasteiger partial charge in [-0.25, -0.2) is 9.97 Å². The van der Waals surface area contributed by atoms with Crippen molar-refractivity contribution in [2.24, 2.45) is 0 Å². The Balaban J connectivity index is 1.46. The van der Waals surface area contributed by atoms with Crippen molar-refractivity contribution in [3.05, 3.63) is 52.7 Å². The number of aromatic nitrogens is 2. The molecule has 2 aromatic heterocycles. The Morgan fingerprint density at radius 1 is 1.15 bits per heavy atom. The molecule has 0 unspecified atom stereocenters. The predicted molar refractivity (Wildman–Crippen MR) is 106 cm³/mol. The molecule has 1 aliphatic rings. The van der Waals surface area contributed by atoms with Crippen molar-refractivity contribution >= 4 is 33.3 Å². The number of anilines is 1. The maximum Gasteiger partial charge on any atom is 0.261 e. The maximum atomic E-state index is 12.5. The molecule has 6 heteroatoms. The van der Waals surface area contributed by atoms with Crippen molar-refractivity contribution in [2.45, 2.75) is 32.7 Å². The Morgan fingerprint density at radius 3 is 2.77 bits per heavy atom. The van der Waals surface area contributed by atoms with Crippen molar-refractivity contribution in [2.75, 3.05) is 18.0 Å². The van der Waals surface area contributed by atoms with Crippen LogP contribution in [0, 0.1) is 6.92 Å². The number of amides is 1. The fourth-order valence-corrected chi connectivity index (χ4v) is 4.27. The van der Waals surface area contributed by atoms with E-state index in [0.29, 0.717) is 6.54 Å². The van der Waals surface area contributed by atoms with Gasteiger partial charge in [-0.1, -0.05) is 18.2 Å². The molecule has 1 aliphatic heterocycles.